The summed E-state index contributed by atoms with van der Waals surface area (Å²) in [5, 5.41) is 13.1. The van der Waals surface area contributed by atoms with E-state index >= 15 is 0 Å². The number of hydrogen-bond donors (Lipinski definition) is 1. The van der Waals surface area contributed by atoms with E-state index in [0.29, 0.717) is 16.5 Å². The highest BCUT2D eigenvalue weighted by Crippen LogP contribution is 2.45. The Hall–Kier alpha value is -1.52. The highest BCUT2D eigenvalue weighted by atomic mass is 32.2. The predicted molar refractivity (Wildman–Crippen MR) is 107 cm³/mol. The second kappa shape index (κ2) is 8.92. The summed E-state index contributed by atoms with van der Waals surface area (Å²) in [6, 6.07) is 2.27. The zero-order valence-corrected chi connectivity index (χ0v) is 17.4. The van der Waals surface area contributed by atoms with E-state index in [1.165, 1.54) is 35.1 Å². The molecule has 2 rings (SSSR count). The fraction of sp³-hybridized carbons (Fsp3) is 0.632. The smallest absolute Gasteiger partial charge is 0.315 e. The van der Waals surface area contributed by atoms with Gasteiger partial charge in [0.25, 0.3) is 0 Å². The molecule has 1 N–H and O–H groups in total. The van der Waals surface area contributed by atoms with E-state index < -0.39 is 0 Å². The highest BCUT2D eigenvalue weighted by Gasteiger charge is 2.34. The summed E-state index contributed by atoms with van der Waals surface area (Å²) in [5.74, 6) is 0.359. The van der Waals surface area contributed by atoms with Crippen molar-refractivity contribution in [1.29, 1.82) is 5.26 Å². The minimum Gasteiger partial charge on any atom is -0.468 e. The van der Waals surface area contributed by atoms with Gasteiger partial charge in [-0.2, -0.15) is 5.26 Å². The number of ether oxygens (including phenoxy) is 1. The van der Waals surface area contributed by atoms with E-state index in [9.17, 15) is 14.9 Å². The number of nitriles is 1. The summed E-state index contributed by atoms with van der Waals surface area (Å²) in [4.78, 5) is 24.5. The predicted octanol–water partition coefficient (Wildman–Crippen LogP) is 4.01. The van der Waals surface area contributed by atoms with E-state index in [4.69, 9.17) is 0 Å². The number of methoxy groups -OCH3 is 1. The van der Waals surface area contributed by atoms with Crippen LogP contribution in [0.25, 0.3) is 0 Å². The molecule has 0 saturated carbocycles. The average Bonchev–Trinajstić information content (AvgIpc) is 2.97. The number of nitrogens with zero attached hydrogens (tertiary/aromatic N) is 1. The van der Waals surface area contributed by atoms with Gasteiger partial charge in [0, 0.05) is 4.88 Å². The minimum atomic E-state index is -0.350. The highest BCUT2D eigenvalue weighted by molar-refractivity contribution is 8.00. The zero-order valence-electron chi connectivity index (χ0n) is 15.8. The third-order valence-electron chi connectivity index (χ3n) is 5.33. The van der Waals surface area contributed by atoms with Crippen LogP contribution < -0.4 is 5.32 Å². The van der Waals surface area contributed by atoms with Crippen LogP contribution in [0.15, 0.2) is 0 Å². The molecule has 0 radical (unpaired) electrons. The third kappa shape index (κ3) is 4.80. The maximum Gasteiger partial charge on any atom is 0.315 e. The van der Waals surface area contributed by atoms with Crippen LogP contribution in [0, 0.1) is 22.7 Å². The molecule has 1 aliphatic rings. The van der Waals surface area contributed by atoms with E-state index in [1.54, 1.807) is 0 Å². The number of esters is 1. The lowest BCUT2D eigenvalue weighted by molar-refractivity contribution is -0.137. The minimum absolute atomic E-state index is 0.143. The van der Waals surface area contributed by atoms with Gasteiger partial charge in [-0.3, -0.25) is 9.59 Å². The maximum atomic E-state index is 12.1. The van der Waals surface area contributed by atoms with Crippen molar-refractivity contribution < 1.29 is 14.3 Å². The number of fused-ring (bicyclic) bond motifs is 1. The van der Waals surface area contributed by atoms with E-state index in [2.05, 4.69) is 36.9 Å². The SMILES string of the molecule is CCC(C)(C)C1CCc2c(sc(NC(=O)CSCC(=O)OC)c2C#N)C1. The molecule has 26 heavy (non-hydrogen) atoms. The number of hydrogen-bond acceptors (Lipinski definition) is 6. The van der Waals surface area contributed by atoms with Gasteiger partial charge >= 0.3 is 5.97 Å². The molecule has 1 aliphatic carbocycles. The first kappa shape index (κ1) is 20.8. The summed E-state index contributed by atoms with van der Waals surface area (Å²) >= 11 is 2.74. The average molecular weight is 395 g/mol. The molecule has 0 spiro atoms. The summed E-state index contributed by atoms with van der Waals surface area (Å²) in [6.45, 7) is 6.84. The Balaban J connectivity index is 2.07. The molecule has 1 aromatic heterocycles. The lowest BCUT2D eigenvalue weighted by atomic mass is 9.69. The maximum absolute atomic E-state index is 12.1. The molecule has 0 aromatic carbocycles. The van der Waals surface area contributed by atoms with Crippen molar-refractivity contribution in [2.45, 2.75) is 46.5 Å². The van der Waals surface area contributed by atoms with Gasteiger partial charge < -0.3 is 10.1 Å². The number of anilines is 1. The molecule has 5 nitrogen and oxygen atoms in total. The van der Waals surface area contributed by atoms with Crippen molar-refractivity contribution in [1.82, 2.24) is 0 Å². The van der Waals surface area contributed by atoms with Crippen LogP contribution in [0.3, 0.4) is 0 Å². The summed E-state index contributed by atoms with van der Waals surface area (Å²) in [7, 11) is 1.32. The lowest BCUT2D eigenvalue weighted by Crippen LogP contribution is -2.28. The van der Waals surface area contributed by atoms with Gasteiger partial charge in [0.1, 0.15) is 11.1 Å². The quantitative estimate of drug-likeness (QED) is 0.707. The first-order valence-electron chi connectivity index (χ1n) is 8.81. The Morgan fingerprint density at radius 3 is 2.77 bits per heavy atom. The number of thioether (sulfide) groups is 1. The number of carbonyl (C=O) groups excluding carboxylic acids is 2. The first-order chi connectivity index (χ1) is 12.3. The van der Waals surface area contributed by atoms with E-state index in [1.807, 2.05) is 0 Å². The van der Waals surface area contributed by atoms with E-state index in [0.717, 1.165) is 31.2 Å². The van der Waals surface area contributed by atoms with Gasteiger partial charge in [0.2, 0.25) is 5.91 Å². The molecule has 0 fully saturated rings. The van der Waals surface area contributed by atoms with Gasteiger partial charge in [0.15, 0.2) is 0 Å². The van der Waals surface area contributed by atoms with Crippen molar-refractivity contribution in [3.63, 3.8) is 0 Å². The Labute approximate surface area is 163 Å². The van der Waals surface area contributed by atoms with Crippen LogP contribution in [0.4, 0.5) is 5.00 Å². The Bertz CT molecular complexity index is 719. The molecule has 7 heteroatoms. The van der Waals surface area contributed by atoms with Gasteiger partial charge in [-0.1, -0.05) is 27.2 Å². The largest absolute Gasteiger partial charge is 0.468 e. The van der Waals surface area contributed by atoms with Crippen molar-refractivity contribution in [2.75, 3.05) is 23.9 Å². The van der Waals surface area contributed by atoms with E-state index in [-0.39, 0.29) is 28.8 Å². The fourth-order valence-electron chi connectivity index (χ4n) is 3.20. The monoisotopic (exact) mass is 394 g/mol. The molecule has 0 saturated heterocycles. The molecule has 0 bridgehead atoms. The molecular formula is C19H26N2O3S2. The lowest BCUT2D eigenvalue weighted by Gasteiger charge is -2.36. The van der Waals surface area contributed by atoms with Crippen LogP contribution in [0.2, 0.25) is 0 Å². The fourth-order valence-corrected chi connectivity index (χ4v) is 5.13. The van der Waals surface area contributed by atoms with Crippen LogP contribution in [-0.4, -0.2) is 30.5 Å². The zero-order chi connectivity index (χ0) is 19.3. The van der Waals surface area contributed by atoms with Crippen molar-refractivity contribution in [2.24, 2.45) is 11.3 Å². The molecule has 142 valence electrons. The normalized spacial score (nSPS) is 16.5. The molecule has 1 unspecified atom stereocenters. The second-order valence-corrected chi connectivity index (χ2v) is 9.31. The molecule has 1 aromatic rings. The topological polar surface area (TPSA) is 79.2 Å². The molecular weight excluding hydrogens is 368 g/mol. The molecule has 1 atom stereocenters. The van der Waals surface area contributed by atoms with Crippen molar-refractivity contribution >= 4 is 40.0 Å². The summed E-state index contributed by atoms with van der Waals surface area (Å²) in [6.07, 6.45) is 4.09. The number of amides is 1. The number of nitrogens with one attached hydrogen (secondary N) is 1. The van der Waals surface area contributed by atoms with Crippen molar-refractivity contribution in [3.8, 4) is 6.07 Å². The third-order valence-corrected chi connectivity index (χ3v) is 7.40. The van der Waals surface area contributed by atoms with Gasteiger partial charge in [0.05, 0.1) is 24.2 Å². The van der Waals surface area contributed by atoms with Crippen LogP contribution in [-0.2, 0) is 27.2 Å². The number of carbonyl (C=O) groups is 2. The Morgan fingerprint density at radius 2 is 2.15 bits per heavy atom. The number of rotatable bonds is 7. The number of thiophene rings is 1. The Kier molecular flexibility index (Phi) is 7.13. The standard InChI is InChI=1S/C19H26N2O3S2/c1-5-19(2,3)12-6-7-13-14(9-20)18(26-15(13)8-12)21-16(22)10-25-11-17(23)24-4/h12H,5-8,10-11H2,1-4H3,(H,21,22). The van der Waals surface area contributed by atoms with Gasteiger partial charge in [-0.25, -0.2) is 0 Å². The first-order valence-corrected chi connectivity index (χ1v) is 10.8. The summed E-state index contributed by atoms with van der Waals surface area (Å²) in [5.41, 5.74) is 2.00. The van der Waals surface area contributed by atoms with Crippen molar-refractivity contribution in [3.05, 3.63) is 16.0 Å². The summed E-state index contributed by atoms with van der Waals surface area (Å²) < 4.78 is 4.56. The second-order valence-electron chi connectivity index (χ2n) is 7.22. The van der Waals surface area contributed by atoms with Crippen LogP contribution in [0.5, 0.6) is 0 Å². The molecule has 1 heterocycles. The Morgan fingerprint density at radius 1 is 1.42 bits per heavy atom. The van der Waals surface area contributed by atoms with Gasteiger partial charge in [-0.15, -0.1) is 23.1 Å². The molecule has 1 amide bonds. The van der Waals surface area contributed by atoms with Gasteiger partial charge in [-0.05, 0) is 36.2 Å². The molecule has 0 aliphatic heterocycles. The van der Waals surface area contributed by atoms with Crippen LogP contribution >= 0.6 is 23.1 Å². The van der Waals surface area contributed by atoms with Crippen LogP contribution in [0.1, 0.15) is 49.6 Å².